The average molecular weight is 398 g/mol. The van der Waals surface area contributed by atoms with Crippen molar-refractivity contribution in [3.05, 3.63) is 53.0 Å². The van der Waals surface area contributed by atoms with E-state index in [9.17, 15) is 14.4 Å². The summed E-state index contributed by atoms with van der Waals surface area (Å²) >= 11 is 0. The van der Waals surface area contributed by atoms with Crippen LogP contribution in [0.1, 0.15) is 58.4 Å². The Labute approximate surface area is 169 Å². The van der Waals surface area contributed by atoms with Gasteiger partial charge in [0.2, 0.25) is 5.91 Å². The van der Waals surface area contributed by atoms with Crippen LogP contribution in [0.5, 0.6) is 0 Å². The number of carbonyl (C=O) groups excluding carboxylic acids is 3. The molecule has 2 aromatic rings. The Morgan fingerprint density at radius 3 is 2.66 bits per heavy atom. The lowest BCUT2D eigenvalue weighted by Crippen LogP contribution is -2.32. The topological polar surface area (TPSA) is 97.6 Å². The highest BCUT2D eigenvalue weighted by atomic mass is 16.5. The number of carbonyl (C=O) groups is 3. The predicted octanol–water partition coefficient (Wildman–Crippen LogP) is 3.27. The van der Waals surface area contributed by atoms with Crippen molar-refractivity contribution in [2.45, 2.75) is 45.6 Å². The SMILES string of the molecule is CC(=O)c1cc(CCC(=O)Nc2ccccc2C(=O)NCC2CCCO2)oc1C. The Kier molecular flexibility index (Phi) is 6.82. The second-order valence-electron chi connectivity index (χ2n) is 7.18. The molecule has 7 nitrogen and oxygen atoms in total. The van der Waals surface area contributed by atoms with Gasteiger partial charge in [-0.2, -0.15) is 0 Å². The Bertz CT molecular complexity index is 896. The maximum absolute atomic E-state index is 12.5. The van der Waals surface area contributed by atoms with Crippen LogP contribution in [0.3, 0.4) is 0 Å². The van der Waals surface area contributed by atoms with Crippen LogP contribution in [0.25, 0.3) is 0 Å². The van der Waals surface area contributed by atoms with Gasteiger partial charge in [-0.15, -0.1) is 0 Å². The van der Waals surface area contributed by atoms with E-state index in [1.807, 2.05) is 0 Å². The van der Waals surface area contributed by atoms with E-state index in [0.717, 1.165) is 19.4 Å². The number of ketones is 1. The van der Waals surface area contributed by atoms with E-state index < -0.39 is 0 Å². The number of aryl methyl sites for hydroxylation is 2. The predicted molar refractivity (Wildman–Crippen MR) is 108 cm³/mol. The van der Waals surface area contributed by atoms with Gasteiger partial charge in [0.15, 0.2) is 5.78 Å². The van der Waals surface area contributed by atoms with E-state index in [2.05, 4.69) is 10.6 Å². The molecule has 1 aromatic carbocycles. The number of hydrogen-bond donors (Lipinski definition) is 2. The van der Waals surface area contributed by atoms with Crippen LogP contribution in [0.15, 0.2) is 34.7 Å². The van der Waals surface area contributed by atoms with Gasteiger partial charge in [0.25, 0.3) is 5.91 Å². The van der Waals surface area contributed by atoms with Crippen molar-refractivity contribution < 1.29 is 23.5 Å². The first kappa shape index (κ1) is 20.8. The Balaban J connectivity index is 1.56. The fourth-order valence-electron chi connectivity index (χ4n) is 3.36. The van der Waals surface area contributed by atoms with E-state index in [0.29, 0.717) is 41.3 Å². The van der Waals surface area contributed by atoms with Crippen molar-refractivity contribution in [1.29, 1.82) is 0 Å². The normalized spacial score (nSPS) is 15.9. The third kappa shape index (κ3) is 5.54. The number of benzene rings is 1. The Hall–Kier alpha value is -2.93. The zero-order valence-electron chi connectivity index (χ0n) is 16.7. The van der Waals surface area contributed by atoms with Gasteiger partial charge in [0, 0.05) is 26.0 Å². The lowest BCUT2D eigenvalue weighted by atomic mass is 10.1. The fraction of sp³-hybridized carbons (Fsp3) is 0.409. The van der Waals surface area contributed by atoms with Crippen molar-refractivity contribution >= 4 is 23.3 Å². The second-order valence-corrected chi connectivity index (χ2v) is 7.18. The van der Waals surface area contributed by atoms with Gasteiger partial charge in [-0.05, 0) is 44.9 Å². The highest BCUT2D eigenvalue weighted by Gasteiger charge is 2.19. The average Bonchev–Trinajstić information content (AvgIpc) is 3.34. The number of nitrogens with one attached hydrogen (secondary N) is 2. The molecule has 3 rings (SSSR count). The van der Waals surface area contributed by atoms with Crippen molar-refractivity contribution in [3.8, 4) is 0 Å². The summed E-state index contributed by atoms with van der Waals surface area (Å²) in [6.45, 7) is 4.40. The number of Topliss-reactive ketones (excluding diaryl/α,β-unsaturated/α-hetero) is 1. The van der Waals surface area contributed by atoms with Crippen LogP contribution in [-0.4, -0.2) is 36.9 Å². The van der Waals surface area contributed by atoms with Crippen LogP contribution in [-0.2, 0) is 16.0 Å². The monoisotopic (exact) mass is 398 g/mol. The molecule has 0 bridgehead atoms. The van der Waals surface area contributed by atoms with Gasteiger partial charge >= 0.3 is 0 Å². The van der Waals surface area contributed by atoms with Gasteiger partial charge in [-0.3, -0.25) is 14.4 Å². The third-order valence-electron chi connectivity index (χ3n) is 4.91. The smallest absolute Gasteiger partial charge is 0.253 e. The molecule has 0 spiro atoms. The number of hydrogen-bond acceptors (Lipinski definition) is 5. The zero-order chi connectivity index (χ0) is 20.8. The van der Waals surface area contributed by atoms with Crippen molar-refractivity contribution in [3.63, 3.8) is 0 Å². The van der Waals surface area contributed by atoms with Crippen LogP contribution in [0.2, 0.25) is 0 Å². The molecule has 1 saturated heterocycles. The van der Waals surface area contributed by atoms with E-state index in [1.54, 1.807) is 37.3 Å². The van der Waals surface area contributed by atoms with E-state index in [1.165, 1.54) is 6.92 Å². The summed E-state index contributed by atoms with van der Waals surface area (Å²) in [5, 5.41) is 5.66. The summed E-state index contributed by atoms with van der Waals surface area (Å²) in [5.74, 6) is 0.600. The maximum atomic E-state index is 12.5. The number of rotatable bonds is 8. The summed E-state index contributed by atoms with van der Waals surface area (Å²) < 4.78 is 11.1. The molecule has 1 aliphatic rings. The molecule has 7 heteroatoms. The second kappa shape index (κ2) is 9.52. The largest absolute Gasteiger partial charge is 0.466 e. The van der Waals surface area contributed by atoms with Gasteiger partial charge in [0.1, 0.15) is 11.5 Å². The molecular formula is C22H26N2O5. The first-order valence-electron chi connectivity index (χ1n) is 9.83. The number of amides is 2. The molecule has 0 radical (unpaired) electrons. The molecule has 29 heavy (non-hydrogen) atoms. The van der Waals surface area contributed by atoms with Crippen LogP contribution in [0.4, 0.5) is 5.69 Å². The summed E-state index contributed by atoms with van der Waals surface area (Å²) in [7, 11) is 0. The number of furan rings is 1. The quantitative estimate of drug-likeness (QED) is 0.665. The van der Waals surface area contributed by atoms with E-state index in [4.69, 9.17) is 9.15 Å². The zero-order valence-corrected chi connectivity index (χ0v) is 16.7. The maximum Gasteiger partial charge on any atom is 0.253 e. The molecule has 1 fully saturated rings. The first-order chi connectivity index (χ1) is 13.9. The van der Waals surface area contributed by atoms with Crippen LogP contribution < -0.4 is 10.6 Å². The minimum Gasteiger partial charge on any atom is -0.466 e. The Morgan fingerprint density at radius 2 is 1.97 bits per heavy atom. The fourth-order valence-corrected chi connectivity index (χ4v) is 3.36. The molecule has 154 valence electrons. The molecule has 1 aromatic heterocycles. The molecule has 1 aliphatic heterocycles. The summed E-state index contributed by atoms with van der Waals surface area (Å²) in [5.41, 5.74) is 1.41. The molecule has 2 N–H and O–H groups in total. The minimum atomic E-state index is -0.246. The first-order valence-corrected chi connectivity index (χ1v) is 9.83. The number of ether oxygens (including phenoxy) is 1. The summed E-state index contributed by atoms with van der Waals surface area (Å²) in [6.07, 6.45) is 2.55. The van der Waals surface area contributed by atoms with Crippen molar-refractivity contribution in [2.24, 2.45) is 0 Å². The number of para-hydroxylation sites is 1. The highest BCUT2D eigenvalue weighted by molar-refractivity contribution is 6.03. The van der Waals surface area contributed by atoms with Gasteiger partial charge in [-0.25, -0.2) is 0 Å². The lowest BCUT2D eigenvalue weighted by molar-refractivity contribution is -0.116. The minimum absolute atomic E-state index is 0.0531. The standard InChI is InChI=1S/C22H26N2O5/c1-14(25)19-12-16(29-15(19)2)9-10-21(26)24-20-8-4-3-7-18(20)22(27)23-13-17-6-5-11-28-17/h3-4,7-8,12,17H,5-6,9-11,13H2,1-2H3,(H,23,27)(H,24,26). The van der Waals surface area contributed by atoms with Gasteiger partial charge in [0.05, 0.1) is 22.9 Å². The molecule has 2 amide bonds. The highest BCUT2D eigenvalue weighted by Crippen LogP contribution is 2.19. The summed E-state index contributed by atoms with van der Waals surface area (Å²) in [6, 6.07) is 8.57. The molecule has 1 atom stereocenters. The number of anilines is 1. The molecule has 1 unspecified atom stereocenters. The van der Waals surface area contributed by atoms with E-state index >= 15 is 0 Å². The van der Waals surface area contributed by atoms with Gasteiger partial charge in [-0.1, -0.05) is 12.1 Å². The molecule has 0 saturated carbocycles. The molecule has 2 heterocycles. The lowest BCUT2D eigenvalue weighted by Gasteiger charge is -2.13. The summed E-state index contributed by atoms with van der Waals surface area (Å²) in [4.78, 5) is 36.4. The van der Waals surface area contributed by atoms with Crippen LogP contribution >= 0.6 is 0 Å². The third-order valence-corrected chi connectivity index (χ3v) is 4.91. The van der Waals surface area contributed by atoms with Crippen LogP contribution in [0, 0.1) is 6.92 Å². The molecule has 0 aliphatic carbocycles. The van der Waals surface area contributed by atoms with E-state index in [-0.39, 0.29) is 30.1 Å². The molecular weight excluding hydrogens is 372 g/mol. The van der Waals surface area contributed by atoms with Crippen molar-refractivity contribution in [1.82, 2.24) is 5.32 Å². The van der Waals surface area contributed by atoms with Gasteiger partial charge < -0.3 is 19.8 Å². The van der Waals surface area contributed by atoms with Crippen molar-refractivity contribution in [2.75, 3.05) is 18.5 Å². The Morgan fingerprint density at radius 1 is 1.17 bits per heavy atom.